The topological polar surface area (TPSA) is 35.9 Å². The van der Waals surface area contributed by atoms with Crippen molar-refractivity contribution < 1.29 is 4.79 Å². The van der Waals surface area contributed by atoms with Crippen LogP contribution in [-0.4, -0.2) is 47.2 Å². The zero-order valence-electron chi connectivity index (χ0n) is 18.8. The second-order valence-corrected chi connectivity index (χ2v) is 11.2. The number of carbonyl (C=O) groups is 1. The van der Waals surface area contributed by atoms with Crippen molar-refractivity contribution in [3.05, 3.63) is 11.3 Å². The lowest BCUT2D eigenvalue weighted by molar-refractivity contribution is -0.129. The fourth-order valence-corrected chi connectivity index (χ4v) is 4.19. The highest BCUT2D eigenvalue weighted by atomic mass is 16.2. The number of likely N-dealkylation sites (N-methyl/N-ethyl adjacent to an activating group) is 1. The van der Waals surface area contributed by atoms with Crippen LogP contribution in [0, 0.1) is 16.2 Å². The fraction of sp³-hybridized carbons (Fsp3) is 0.818. The highest BCUT2D eigenvalue weighted by molar-refractivity contribution is 5.91. The van der Waals surface area contributed by atoms with Gasteiger partial charge in [-0.2, -0.15) is 0 Å². The van der Waals surface area contributed by atoms with Gasteiger partial charge in [-0.3, -0.25) is 9.79 Å². The third-order valence-electron chi connectivity index (χ3n) is 5.58. The van der Waals surface area contributed by atoms with Crippen LogP contribution in [0.15, 0.2) is 16.3 Å². The lowest BCUT2D eigenvalue weighted by Gasteiger charge is -2.45. The van der Waals surface area contributed by atoms with Gasteiger partial charge in [0.15, 0.2) is 0 Å². The molecule has 26 heavy (non-hydrogen) atoms. The molecule has 0 radical (unpaired) electrons. The number of carbonyl (C=O) groups excluding carboxylic acids is 1. The Morgan fingerprint density at radius 3 is 1.96 bits per heavy atom. The summed E-state index contributed by atoms with van der Waals surface area (Å²) in [7, 11) is 1.93. The molecule has 0 spiro atoms. The number of hydrogen-bond donors (Lipinski definition) is 0. The molecule has 1 fully saturated rings. The average molecular weight is 362 g/mol. The first-order valence-electron chi connectivity index (χ1n) is 9.88. The van der Waals surface area contributed by atoms with E-state index in [0.29, 0.717) is 0 Å². The quantitative estimate of drug-likeness (QED) is 0.678. The highest BCUT2D eigenvalue weighted by Gasteiger charge is 2.47. The molecule has 2 rings (SSSR count). The molecular weight excluding hydrogens is 322 g/mol. The van der Waals surface area contributed by atoms with Gasteiger partial charge in [0.05, 0.1) is 12.1 Å². The van der Waals surface area contributed by atoms with Crippen LogP contribution in [0.25, 0.3) is 0 Å². The molecule has 2 atom stereocenters. The summed E-state index contributed by atoms with van der Waals surface area (Å²) >= 11 is 0. The molecule has 0 bridgehead atoms. The lowest BCUT2D eigenvalue weighted by Crippen LogP contribution is -2.47. The van der Waals surface area contributed by atoms with Crippen LogP contribution >= 0.6 is 0 Å². The van der Waals surface area contributed by atoms with Crippen LogP contribution in [-0.2, 0) is 4.79 Å². The van der Waals surface area contributed by atoms with Gasteiger partial charge in [-0.05, 0) is 16.4 Å². The van der Waals surface area contributed by atoms with Gasteiger partial charge in [-0.15, -0.1) is 0 Å². The van der Waals surface area contributed by atoms with Gasteiger partial charge in [0, 0.05) is 38.0 Å². The number of hydrogen-bond acceptors (Lipinski definition) is 3. The van der Waals surface area contributed by atoms with Gasteiger partial charge in [-0.1, -0.05) is 62.3 Å². The number of aliphatic imine (C=N–C) groups is 1. The fourth-order valence-electron chi connectivity index (χ4n) is 4.19. The highest BCUT2D eigenvalue weighted by Crippen LogP contribution is 2.47. The minimum atomic E-state index is -0.0259. The minimum Gasteiger partial charge on any atom is -0.341 e. The molecule has 2 heterocycles. The smallest absolute Gasteiger partial charge is 0.219 e. The van der Waals surface area contributed by atoms with E-state index in [1.54, 1.807) is 6.92 Å². The third kappa shape index (κ3) is 3.84. The monoisotopic (exact) mass is 361 g/mol. The molecule has 0 N–H and O–H groups in total. The van der Waals surface area contributed by atoms with Crippen molar-refractivity contribution in [3.8, 4) is 0 Å². The summed E-state index contributed by atoms with van der Waals surface area (Å²) in [6.07, 6.45) is 0.921. The first-order chi connectivity index (χ1) is 11.5. The SMILES string of the molecule is CC(=O)N(C)C1CC2=C(C(C)(C)C)C(C(C)(C)C)N=C(C(C)(C)C)N2C1. The maximum absolute atomic E-state index is 12.0. The molecule has 148 valence electrons. The average Bonchev–Trinajstić information content (AvgIpc) is 2.85. The standard InChI is InChI=1S/C22H39N3O/c1-14(26)24(11)15-12-16-17(20(2,3)4)18(21(5,6)7)23-19(22(8,9)10)25(16)13-15/h15,18H,12-13H2,1-11H3. The molecule has 0 aliphatic carbocycles. The zero-order valence-corrected chi connectivity index (χ0v) is 18.8. The summed E-state index contributed by atoms with van der Waals surface area (Å²) in [4.78, 5) is 21.6. The Kier molecular flexibility index (Phi) is 5.15. The predicted molar refractivity (Wildman–Crippen MR) is 110 cm³/mol. The molecule has 1 saturated heterocycles. The molecule has 2 aliphatic heterocycles. The van der Waals surface area contributed by atoms with E-state index in [1.807, 2.05) is 11.9 Å². The maximum Gasteiger partial charge on any atom is 0.219 e. The van der Waals surface area contributed by atoms with Gasteiger partial charge in [-0.25, -0.2) is 0 Å². The summed E-state index contributed by atoms with van der Waals surface area (Å²) < 4.78 is 0. The van der Waals surface area contributed by atoms with E-state index in [-0.39, 0.29) is 34.2 Å². The van der Waals surface area contributed by atoms with Crippen molar-refractivity contribution >= 4 is 11.7 Å². The van der Waals surface area contributed by atoms with Gasteiger partial charge in [0.2, 0.25) is 5.91 Å². The van der Waals surface area contributed by atoms with Crippen LogP contribution in [0.4, 0.5) is 0 Å². The first-order valence-corrected chi connectivity index (χ1v) is 9.88. The Morgan fingerprint density at radius 2 is 1.58 bits per heavy atom. The van der Waals surface area contributed by atoms with Crippen LogP contribution in [0.3, 0.4) is 0 Å². The summed E-state index contributed by atoms with van der Waals surface area (Å²) in [6.45, 7) is 23.0. The molecule has 1 amide bonds. The van der Waals surface area contributed by atoms with Crippen LogP contribution in [0.1, 0.15) is 75.7 Å². The van der Waals surface area contributed by atoms with E-state index in [4.69, 9.17) is 4.99 Å². The van der Waals surface area contributed by atoms with Crippen molar-refractivity contribution in [1.29, 1.82) is 0 Å². The van der Waals surface area contributed by atoms with Crippen LogP contribution < -0.4 is 0 Å². The Labute approximate surface area is 160 Å². The number of amidine groups is 1. The minimum absolute atomic E-state index is 0.0259. The molecule has 4 heteroatoms. The first kappa shape index (κ1) is 21.0. The van der Waals surface area contributed by atoms with E-state index in [0.717, 1.165) is 13.0 Å². The van der Waals surface area contributed by atoms with Gasteiger partial charge >= 0.3 is 0 Å². The van der Waals surface area contributed by atoms with E-state index < -0.39 is 0 Å². The molecular formula is C22H39N3O. The Balaban J connectivity index is 2.66. The zero-order chi connectivity index (χ0) is 20.2. The Morgan fingerprint density at radius 1 is 1.04 bits per heavy atom. The van der Waals surface area contributed by atoms with Crippen molar-refractivity contribution in [1.82, 2.24) is 9.80 Å². The Hall–Kier alpha value is -1.32. The molecule has 2 aliphatic rings. The van der Waals surface area contributed by atoms with Crippen molar-refractivity contribution in [2.45, 2.75) is 87.7 Å². The summed E-state index contributed by atoms with van der Waals surface area (Å²) in [6, 6.07) is 0.385. The molecule has 4 nitrogen and oxygen atoms in total. The molecule has 0 saturated carbocycles. The van der Waals surface area contributed by atoms with Gasteiger partial charge in [0.25, 0.3) is 0 Å². The molecule has 0 aromatic heterocycles. The van der Waals surface area contributed by atoms with Crippen LogP contribution in [0.2, 0.25) is 0 Å². The molecule has 0 aromatic carbocycles. The lowest BCUT2D eigenvalue weighted by atomic mass is 9.70. The van der Waals surface area contributed by atoms with Crippen molar-refractivity contribution in [2.75, 3.05) is 13.6 Å². The maximum atomic E-state index is 12.0. The van der Waals surface area contributed by atoms with Gasteiger partial charge < -0.3 is 9.80 Å². The number of amides is 1. The number of fused-ring (bicyclic) bond motifs is 1. The van der Waals surface area contributed by atoms with Gasteiger partial charge in [0.1, 0.15) is 5.84 Å². The normalized spacial score (nSPS) is 24.6. The van der Waals surface area contributed by atoms with Crippen molar-refractivity contribution in [2.24, 2.45) is 21.2 Å². The summed E-state index contributed by atoms with van der Waals surface area (Å²) in [5.41, 5.74) is 2.92. The van der Waals surface area contributed by atoms with E-state index in [2.05, 4.69) is 67.2 Å². The second-order valence-electron chi connectivity index (χ2n) is 11.2. The van der Waals surface area contributed by atoms with E-state index in [9.17, 15) is 4.79 Å². The third-order valence-corrected chi connectivity index (χ3v) is 5.58. The largest absolute Gasteiger partial charge is 0.341 e. The van der Waals surface area contributed by atoms with E-state index in [1.165, 1.54) is 17.1 Å². The predicted octanol–water partition coefficient (Wildman–Crippen LogP) is 4.71. The number of nitrogens with zero attached hydrogens (tertiary/aromatic N) is 3. The molecule has 2 unspecified atom stereocenters. The second kappa shape index (κ2) is 6.38. The van der Waals surface area contributed by atoms with Crippen LogP contribution in [0.5, 0.6) is 0 Å². The summed E-state index contributed by atoms with van der Waals surface area (Å²) in [5.74, 6) is 1.30. The summed E-state index contributed by atoms with van der Waals surface area (Å²) in [5, 5.41) is 0. The van der Waals surface area contributed by atoms with Crippen molar-refractivity contribution in [3.63, 3.8) is 0 Å². The Bertz CT molecular complexity index is 638. The number of rotatable bonds is 1. The molecule has 0 aromatic rings. The van der Waals surface area contributed by atoms with E-state index >= 15 is 0 Å².